The van der Waals surface area contributed by atoms with E-state index in [1.807, 2.05) is 11.3 Å². The maximum Gasteiger partial charge on any atom is 0.0659 e. The van der Waals surface area contributed by atoms with Gasteiger partial charge in [-0.15, -0.1) is 11.3 Å². The molecule has 1 aliphatic carbocycles. The van der Waals surface area contributed by atoms with Gasteiger partial charge in [0.15, 0.2) is 0 Å². The number of hydrogen-bond donors (Lipinski definition) is 1. The van der Waals surface area contributed by atoms with Gasteiger partial charge in [0.1, 0.15) is 0 Å². The minimum absolute atomic E-state index is 0.519. The van der Waals surface area contributed by atoms with Crippen LogP contribution in [0.3, 0.4) is 0 Å². The summed E-state index contributed by atoms with van der Waals surface area (Å²) in [7, 11) is 0. The first-order chi connectivity index (χ1) is 9.72. The summed E-state index contributed by atoms with van der Waals surface area (Å²) in [5.41, 5.74) is 2.98. The van der Waals surface area contributed by atoms with Crippen LogP contribution in [0.2, 0.25) is 0 Å². The van der Waals surface area contributed by atoms with Crippen LogP contribution in [0.5, 0.6) is 0 Å². The Hall–Kier alpha value is -0.390. The lowest BCUT2D eigenvalue weighted by atomic mass is 9.93. The second-order valence-corrected chi connectivity index (χ2v) is 8.66. The summed E-state index contributed by atoms with van der Waals surface area (Å²) in [5, 5.41) is 3.84. The third-order valence-electron chi connectivity index (χ3n) is 3.95. The van der Waals surface area contributed by atoms with Gasteiger partial charge < -0.3 is 5.32 Å². The molecular formula is C17H20INS. The van der Waals surface area contributed by atoms with Crippen LogP contribution < -0.4 is 5.32 Å². The number of aryl methyl sites for hydroxylation is 1. The smallest absolute Gasteiger partial charge is 0.0659 e. The van der Waals surface area contributed by atoms with Crippen LogP contribution in [0.15, 0.2) is 36.4 Å². The predicted octanol–water partition coefficient (Wildman–Crippen LogP) is 4.95. The molecule has 0 aliphatic heterocycles. The monoisotopic (exact) mass is 397 g/mol. The van der Waals surface area contributed by atoms with E-state index in [-0.39, 0.29) is 0 Å². The minimum Gasteiger partial charge on any atom is -0.307 e. The number of rotatable bonds is 4. The van der Waals surface area contributed by atoms with E-state index in [4.69, 9.17) is 0 Å². The Morgan fingerprint density at radius 2 is 2.15 bits per heavy atom. The van der Waals surface area contributed by atoms with Gasteiger partial charge >= 0.3 is 0 Å². The lowest BCUT2D eigenvalue weighted by Crippen LogP contribution is -2.33. The largest absolute Gasteiger partial charge is 0.307 e. The Morgan fingerprint density at radius 1 is 1.35 bits per heavy atom. The second-order valence-electron chi connectivity index (χ2n) is 5.63. The van der Waals surface area contributed by atoms with Gasteiger partial charge in [0.25, 0.3) is 0 Å². The first kappa shape index (κ1) is 14.5. The van der Waals surface area contributed by atoms with E-state index >= 15 is 0 Å². The molecule has 0 fully saturated rings. The van der Waals surface area contributed by atoms with Crippen LogP contribution in [0.1, 0.15) is 41.8 Å². The average Bonchev–Trinajstić information content (AvgIpc) is 2.81. The first-order valence-electron chi connectivity index (χ1n) is 7.30. The first-order valence-corrected chi connectivity index (χ1v) is 9.20. The summed E-state index contributed by atoms with van der Waals surface area (Å²) in [6.07, 6.45) is 4.97. The van der Waals surface area contributed by atoms with Crippen molar-refractivity contribution in [1.82, 2.24) is 5.32 Å². The molecule has 1 aliphatic rings. The molecule has 1 N–H and O–H groups in total. The number of thiophene rings is 1. The Labute approximate surface area is 138 Å². The fourth-order valence-corrected chi connectivity index (χ4v) is 5.18. The summed E-state index contributed by atoms with van der Waals surface area (Å²) in [4.78, 5) is 1.60. The normalized spacial score (nSPS) is 19.6. The second kappa shape index (κ2) is 6.58. The van der Waals surface area contributed by atoms with Crippen LogP contribution in [-0.2, 0) is 12.8 Å². The molecule has 106 valence electrons. The van der Waals surface area contributed by atoms with Gasteiger partial charge in [-0.25, -0.2) is 0 Å². The summed E-state index contributed by atoms with van der Waals surface area (Å²) in [6, 6.07) is 14.2. The molecule has 0 amide bonds. The van der Waals surface area contributed by atoms with E-state index < -0.39 is 0 Å². The van der Waals surface area contributed by atoms with Crippen molar-refractivity contribution in [2.45, 2.75) is 44.7 Å². The van der Waals surface area contributed by atoms with Gasteiger partial charge in [0.05, 0.1) is 2.88 Å². The van der Waals surface area contributed by atoms with Gasteiger partial charge in [-0.1, -0.05) is 30.3 Å². The molecule has 0 radical (unpaired) electrons. The maximum absolute atomic E-state index is 3.84. The van der Waals surface area contributed by atoms with Crippen molar-refractivity contribution in [3.05, 3.63) is 55.3 Å². The number of nitrogens with one attached hydrogen (secondary N) is 1. The average molecular weight is 397 g/mol. The highest BCUT2D eigenvalue weighted by atomic mass is 127. The highest BCUT2D eigenvalue weighted by Gasteiger charge is 2.23. The van der Waals surface area contributed by atoms with Gasteiger partial charge in [0, 0.05) is 17.0 Å². The molecule has 1 aromatic carbocycles. The molecule has 1 heterocycles. The molecule has 3 rings (SSSR count). The standard InChI is InChI=1S/C17H20INS/c1-12(10-13-6-3-2-4-7-13)19-15-8-5-9-16-14(15)11-17(18)20-16/h2-4,6-7,11-12,15,19H,5,8-10H2,1H3. The van der Waals surface area contributed by atoms with E-state index in [1.54, 1.807) is 10.4 Å². The minimum atomic E-state index is 0.519. The molecule has 0 saturated heterocycles. The Kier molecular flexibility index (Phi) is 4.79. The molecule has 1 nitrogen and oxygen atoms in total. The third-order valence-corrected chi connectivity index (χ3v) is 5.93. The molecule has 1 aromatic heterocycles. The molecule has 3 heteroatoms. The van der Waals surface area contributed by atoms with Crippen LogP contribution >= 0.6 is 33.9 Å². The third kappa shape index (κ3) is 3.43. The van der Waals surface area contributed by atoms with Crippen LogP contribution in [0.4, 0.5) is 0 Å². The van der Waals surface area contributed by atoms with Gasteiger partial charge in [0.2, 0.25) is 0 Å². The van der Waals surface area contributed by atoms with E-state index in [2.05, 4.69) is 71.2 Å². The maximum atomic E-state index is 3.84. The van der Waals surface area contributed by atoms with Crippen molar-refractivity contribution in [2.24, 2.45) is 0 Å². The lowest BCUT2D eigenvalue weighted by Gasteiger charge is -2.27. The molecule has 0 spiro atoms. The van der Waals surface area contributed by atoms with E-state index in [0.717, 1.165) is 6.42 Å². The molecule has 2 aromatic rings. The number of benzene rings is 1. The summed E-state index contributed by atoms with van der Waals surface area (Å²) in [5.74, 6) is 0. The topological polar surface area (TPSA) is 12.0 Å². The zero-order valence-electron chi connectivity index (χ0n) is 11.7. The Bertz CT molecular complexity index is 564. The van der Waals surface area contributed by atoms with Gasteiger partial charge in [-0.2, -0.15) is 0 Å². The van der Waals surface area contributed by atoms with Gasteiger partial charge in [-0.3, -0.25) is 0 Å². The van der Waals surface area contributed by atoms with Crippen molar-refractivity contribution < 1.29 is 0 Å². The van der Waals surface area contributed by atoms with Crippen LogP contribution in [0.25, 0.3) is 0 Å². The Morgan fingerprint density at radius 3 is 2.95 bits per heavy atom. The van der Waals surface area contributed by atoms with Crippen molar-refractivity contribution >= 4 is 33.9 Å². The molecule has 2 unspecified atom stereocenters. The predicted molar refractivity (Wildman–Crippen MR) is 95.5 cm³/mol. The van der Waals surface area contributed by atoms with Crippen LogP contribution in [-0.4, -0.2) is 6.04 Å². The lowest BCUT2D eigenvalue weighted by molar-refractivity contribution is 0.409. The SMILES string of the molecule is CC(Cc1ccccc1)NC1CCCc2sc(I)cc21. The number of halogens is 1. The van der Waals surface area contributed by atoms with E-state index in [1.165, 1.54) is 27.7 Å². The molecule has 0 bridgehead atoms. The fourth-order valence-electron chi connectivity index (χ4n) is 3.06. The van der Waals surface area contributed by atoms with E-state index in [0.29, 0.717) is 12.1 Å². The van der Waals surface area contributed by atoms with E-state index in [9.17, 15) is 0 Å². The zero-order chi connectivity index (χ0) is 13.9. The van der Waals surface area contributed by atoms with Crippen molar-refractivity contribution in [2.75, 3.05) is 0 Å². The zero-order valence-corrected chi connectivity index (χ0v) is 14.7. The quantitative estimate of drug-likeness (QED) is 0.720. The molecule has 0 saturated carbocycles. The number of fused-ring (bicyclic) bond motifs is 1. The summed E-state index contributed by atoms with van der Waals surface area (Å²) >= 11 is 4.43. The fraction of sp³-hybridized carbons (Fsp3) is 0.412. The highest BCUT2D eigenvalue weighted by molar-refractivity contribution is 14.1. The van der Waals surface area contributed by atoms with Crippen LogP contribution in [0, 0.1) is 2.88 Å². The highest BCUT2D eigenvalue weighted by Crippen LogP contribution is 2.36. The van der Waals surface area contributed by atoms with Crippen molar-refractivity contribution in [1.29, 1.82) is 0 Å². The molecule has 2 atom stereocenters. The van der Waals surface area contributed by atoms with Gasteiger partial charge in [-0.05, 0) is 72.4 Å². The summed E-state index contributed by atoms with van der Waals surface area (Å²) in [6.45, 7) is 2.30. The van der Waals surface area contributed by atoms with Crippen molar-refractivity contribution in [3.8, 4) is 0 Å². The molecule has 20 heavy (non-hydrogen) atoms. The molecular weight excluding hydrogens is 377 g/mol. The summed E-state index contributed by atoms with van der Waals surface area (Å²) < 4.78 is 1.43. The van der Waals surface area contributed by atoms with Crippen molar-refractivity contribution in [3.63, 3.8) is 0 Å². The number of hydrogen-bond acceptors (Lipinski definition) is 2. The Balaban J connectivity index is 1.66.